The molecule has 3 fully saturated rings. The third kappa shape index (κ3) is 7.01. The Morgan fingerprint density at radius 2 is 1.68 bits per heavy atom. The number of fused-ring (bicyclic) bond motifs is 2. The van der Waals surface area contributed by atoms with Gasteiger partial charge in [0, 0.05) is 27.5 Å². The highest BCUT2D eigenvalue weighted by molar-refractivity contribution is 7.84. The summed E-state index contributed by atoms with van der Waals surface area (Å²) in [5.74, 6) is -1.99. The summed E-state index contributed by atoms with van der Waals surface area (Å²) in [5.41, 5.74) is 3.04. The molecule has 1 spiro atoms. The molecule has 3 aromatic rings. The number of nitrogens with zero attached hydrogens (tertiary/aromatic N) is 3. The molecular weight excluding hydrogens is 675 g/mol. The summed E-state index contributed by atoms with van der Waals surface area (Å²) >= 11 is 0. The van der Waals surface area contributed by atoms with E-state index < -0.39 is 41.8 Å². The van der Waals surface area contributed by atoms with E-state index in [1.807, 2.05) is 39.0 Å². The largest absolute Gasteiger partial charge is 0.361 e. The quantitative estimate of drug-likeness (QED) is 0.109. The van der Waals surface area contributed by atoms with Crippen molar-refractivity contribution in [3.8, 4) is 0 Å². The van der Waals surface area contributed by atoms with Crippen LogP contribution in [0.1, 0.15) is 110 Å². The van der Waals surface area contributed by atoms with Crippen molar-refractivity contribution in [2.45, 2.75) is 121 Å². The minimum atomic E-state index is -2.55. The van der Waals surface area contributed by atoms with Crippen molar-refractivity contribution < 1.29 is 27.3 Å². The number of carbonyl (C=O) groups is 2. The highest BCUT2D eigenvalue weighted by atomic mass is 32.2. The zero-order chi connectivity index (χ0) is 35.8. The van der Waals surface area contributed by atoms with Gasteiger partial charge in [0.05, 0.1) is 50.0 Å². The molecule has 3 atom stereocenters. The molecule has 8 nitrogen and oxygen atoms in total. The molecule has 12 heteroatoms. The van der Waals surface area contributed by atoms with E-state index >= 15 is 0 Å². The SMILES string of the molecule is CC(C)(C)[S@@](=O)N[C@@H](CC1CC2(C1)CC(F)(F)C2)c1nc2cc([C@@H](C3CC3)N3C(=O)c4ccccc4C3=O)ccc2n1COCC[Si](C)(C)C. The van der Waals surface area contributed by atoms with Gasteiger partial charge < -0.3 is 9.30 Å². The van der Waals surface area contributed by atoms with Crippen molar-refractivity contribution in [2.24, 2.45) is 17.3 Å². The predicted molar refractivity (Wildman–Crippen MR) is 194 cm³/mol. The fraction of sp³-hybridized carbons (Fsp3) is 0.605. The van der Waals surface area contributed by atoms with Crippen LogP contribution in [0.25, 0.3) is 11.0 Å². The maximum absolute atomic E-state index is 13.8. The molecule has 270 valence electrons. The van der Waals surface area contributed by atoms with Crippen LogP contribution in [0.4, 0.5) is 8.78 Å². The van der Waals surface area contributed by atoms with Crippen molar-refractivity contribution >= 4 is 41.9 Å². The fourth-order valence-electron chi connectivity index (χ4n) is 8.30. The van der Waals surface area contributed by atoms with Crippen LogP contribution in [-0.4, -0.2) is 55.8 Å². The van der Waals surface area contributed by atoms with Crippen LogP contribution < -0.4 is 4.72 Å². The minimum absolute atomic E-state index is 0.0377. The van der Waals surface area contributed by atoms with E-state index in [0.29, 0.717) is 35.5 Å². The van der Waals surface area contributed by atoms with Gasteiger partial charge in [-0.05, 0) is 106 Å². The van der Waals surface area contributed by atoms with Gasteiger partial charge in [0.1, 0.15) is 12.6 Å². The number of hydrogen-bond acceptors (Lipinski definition) is 5. The third-order valence-corrected chi connectivity index (χ3v) is 14.2. The van der Waals surface area contributed by atoms with Gasteiger partial charge in [-0.25, -0.2) is 22.7 Å². The summed E-state index contributed by atoms with van der Waals surface area (Å²) in [7, 11) is -2.75. The molecule has 3 saturated carbocycles. The van der Waals surface area contributed by atoms with Gasteiger partial charge in [0.25, 0.3) is 11.8 Å². The number of aromatic nitrogens is 2. The number of imide groups is 1. The van der Waals surface area contributed by atoms with Crippen molar-refractivity contribution in [2.75, 3.05) is 6.61 Å². The summed E-state index contributed by atoms with van der Waals surface area (Å²) in [6.07, 6.45) is 3.89. The second-order valence-corrected chi connectivity index (χ2v) is 25.2. The lowest BCUT2D eigenvalue weighted by Gasteiger charge is -2.58. The molecule has 1 aromatic heterocycles. The minimum Gasteiger partial charge on any atom is -0.361 e. The van der Waals surface area contributed by atoms with E-state index in [1.54, 1.807) is 24.3 Å². The molecule has 7 rings (SSSR count). The Labute approximate surface area is 297 Å². The van der Waals surface area contributed by atoms with Crippen molar-refractivity contribution in [3.63, 3.8) is 0 Å². The van der Waals surface area contributed by atoms with Crippen LogP contribution in [-0.2, 0) is 22.5 Å². The molecule has 0 saturated heterocycles. The number of halogens is 2. The van der Waals surface area contributed by atoms with Gasteiger partial charge in [-0.2, -0.15) is 0 Å². The number of nitrogens with one attached hydrogen (secondary N) is 1. The predicted octanol–water partition coefficient (Wildman–Crippen LogP) is 8.40. The average Bonchev–Trinajstić information content (AvgIpc) is 3.73. The average molecular weight is 725 g/mol. The van der Waals surface area contributed by atoms with E-state index in [4.69, 9.17) is 9.72 Å². The molecule has 2 amide bonds. The van der Waals surface area contributed by atoms with Crippen LogP contribution in [0.2, 0.25) is 25.7 Å². The molecule has 2 heterocycles. The highest BCUT2D eigenvalue weighted by Gasteiger charge is 2.61. The first kappa shape index (κ1) is 35.6. The van der Waals surface area contributed by atoms with Crippen LogP contribution in [0.5, 0.6) is 0 Å². The number of benzene rings is 2. The highest BCUT2D eigenvalue weighted by Crippen LogP contribution is 2.65. The van der Waals surface area contributed by atoms with Gasteiger partial charge in [-0.15, -0.1) is 0 Å². The lowest BCUT2D eigenvalue weighted by Crippen LogP contribution is -2.54. The maximum Gasteiger partial charge on any atom is 0.262 e. The lowest BCUT2D eigenvalue weighted by atomic mass is 9.49. The summed E-state index contributed by atoms with van der Waals surface area (Å²) in [6, 6.07) is 13.2. The number of imidazole rings is 1. The Morgan fingerprint density at radius 3 is 2.24 bits per heavy atom. The summed E-state index contributed by atoms with van der Waals surface area (Å²) in [5, 5.41) is 0. The zero-order valence-electron chi connectivity index (χ0n) is 30.1. The monoisotopic (exact) mass is 724 g/mol. The van der Waals surface area contributed by atoms with Gasteiger partial charge in [0.15, 0.2) is 0 Å². The first-order chi connectivity index (χ1) is 23.4. The van der Waals surface area contributed by atoms with E-state index in [-0.39, 0.29) is 48.6 Å². The number of amides is 2. The number of hydrogen-bond donors (Lipinski definition) is 1. The Hall–Kier alpha value is -2.80. The van der Waals surface area contributed by atoms with E-state index in [1.165, 1.54) is 4.90 Å². The Bertz CT molecular complexity index is 1790. The molecule has 2 aromatic carbocycles. The summed E-state index contributed by atoms with van der Waals surface area (Å²) in [4.78, 5) is 33.8. The topological polar surface area (TPSA) is 93.5 Å². The second kappa shape index (κ2) is 12.7. The van der Waals surface area contributed by atoms with Gasteiger partial charge >= 0.3 is 0 Å². The molecule has 1 aliphatic heterocycles. The van der Waals surface area contributed by atoms with Crippen LogP contribution in [0.3, 0.4) is 0 Å². The van der Waals surface area contributed by atoms with Crippen molar-refractivity contribution in [1.82, 2.24) is 19.2 Å². The second-order valence-electron chi connectivity index (χ2n) is 17.6. The van der Waals surface area contributed by atoms with E-state index in [0.717, 1.165) is 42.8 Å². The molecule has 0 radical (unpaired) electrons. The third-order valence-electron chi connectivity index (χ3n) is 10.9. The molecule has 4 aliphatic rings. The smallest absolute Gasteiger partial charge is 0.262 e. The summed E-state index contributed by atoms with van der Waals surface area (Å²) in [6.45, 7) is 13.6. The Morgan fingerprint density at radius 1 is 1.04 bits per heavy atom. The zero-order valence-corrected chi connectivity index (χ0v) is 31.9. The first-order valence-corrected chi connectivity index (χ1v) is 22.9. The Balaban J connectivity index is 1.23. The van der Waals surface area contributed by atoms with Crippen molar-refractivity contribution in [1.29, 1.82) is 0 Å². The first-order valence-electron chi connectivity index (χ1n) is 18.0. The van der Waals surface area contributed by atoms with Crippen LogP contribution in [0, 0.1) is 17.3 Å². The van der Waals surface area contributed by atoms with E-state index in [9.17, 15) is 22.6 Å². The van der Waals surface area contributed by atoms with Crippen LogP contribution >= 0.6 is 0 Å². The number of carbonyl (C=O) groups excluding carboxylic acids is 2. The van der Waals surface area contributed by atoms with E-state index in [2.05, 4.69) is 28.9 Å². The molecule has 1 N–H and O–H groups in total. The normalized spacial score (nSPS) is 22.0. The van der Waals surface area contributed by atoms with Gasteiger partial charge in [0.2, 0.25) is 5.92 Å². The van der Waals surface area contributed by atoms with Crippen molar-refractivity contribution in [3.05, 3.63) is 65.0 Å². The standard InChI is InChI=1S/C38H50F2N4O4SSi/c1-36(2,3)49(47)42-30(17-24-19-37(20-24)21-38(39,40)22-37)33-41-29-18-26(13-14-31(29)43(33)23-48-15-16-50(4,5)6)32(25-11-12-25)44-34(45)27-9-7-8-10-28(27)35(44)46/h7-10,13-14,18,24-25,30,32,42H,11-12,15-17,19-23H2,1-6H3/t30-,32+,49+/m0/s1. The lowest BCUT2D eigenvalue weighted by molar-refractivity contribution is -0.207. The number of alkyl halides is 2. The molecular formula is C38H50F2N4O4SSi. The van der Waals surface area contributed by atoms with Crippen LogP contribution in [0.15, 0.2) is 42.5 Å². The number of ether oxygens (including phenoxy) is 1. The molecule has 0 unspecified atom stereocenters. The molecule has 0 bridgehead atoms. The summed E-state index contributed by atoms with van der Waals surface area (Å²) < 4.78 is 52.5. The fourth-order valence-corrected chi connectivity index (χ4v) is 9.87. The molecule has 3 aliphatic carbocycles. The number of rotatable bonds is 13. The Kier molecular flexibility index (Phi) is 9.04. The van der Waals surface area contributed by atoms with Gasteiger partial charge in [-0.3, -0.25) is 14.5 Å². The van der Waals surface area contributed by atoms with Gasteiger partial charge in [-0.1, -0.05) is 37.8 Å². The molecule has 50 heavy (non-hydrogen) atoms. The maximum atomic E-state index is 13.8.